The molecule has 0 bridgehead atoms. The third-order valence-electron chi connectivity index (χ3n) is 2.85. The van der Waals surface area contributed by atoms with Crippen LogP contribution in [-0.4, -0.2) is 17.5 Å². The molecule has 6 nitrogen and oxygen atoms in total. The molecule has 2 aromatic heterocycles. The van der Waals surface area contributed by atoms with Crippen molar-refractivity contribution in [3.05, 3.63) is 49.1 Å². The molecule has 21 heavy (non-hydrogen) atoms. The number of hydrogen-bond donors (Lipinski definition) is 0. The third-order valence-corrected chi connectivity index (χ3v) is 2.85. The van der Waals surface area contributed by atoms with Crippen LogP contribution in [0.15, 0.2) is 49.1 Å². The highest BCUT2D eigenvalue weighted by Gasteiger charge is 2.03. The second-order valence-electron chi connectivity index (χ2n) is 4.24. The summed E-state index contributed by atoms with van der Waals surface area (Å²) >= 11 is 0. The van der Waals surface area contributed by atoms with Gasteiger partial charge in [-0.3, -0.25) is 8.42 Å². The molecule has 0 aliphatic rings. The van der Waals surface area contributed by atoms with Gasteiger partial charge in [0.15, 0.2) is 24.8 Å². The Morgan fingerprint density at radius 1 is 0.810 bits per heavy atom. The summed E-state index contributed by atoms with van der Waals surface area (Å²) in [5.74, 6) is 0. The summed E-state index contributed by atoms with van der Waals surface area (Å²) in [5, 5.41) is 0. The first-order chi connectivity index (χ1) is 9.83. The second-order valence-corrected chi connectivity index (χ2v) is 5.06. The number of rotatable bonds is 3. The molecule has 0 aliphatic heterocycles. The zero-order valence-electron chi connectivity index (χ0n) is 12.0. The molecule has 114 valence electrons. The van der Waals surface area contributed by atoms with Gasteiger partial charge in [0, 0.05) is 34.7 Å². The monoisotopic (exact) mass is 310 g/mol. The highest BCUT2D eigenvalue weighted by Crippen LogP contribution is 2.15. The van der Waals surface area contributed by atoms with E-state index in [4.69, 9.17) is 17.5 Å². The molecule has 0 saturated heterocycles. The van der Waals surface area contributed by atoms with E-state index in [-0.39, 0.29) is 0 Å². The van der Waals surface area contributed by atoms with E-state index in [1.807, 2.05) is 0 Å². The molecular weight excluding hydrogens is 292 g/mol. The zero-order chi connectivity index (χ0) is 15.9. The van der Waals surface area contributed by atoms with Crippen molar-refractivity contribution in [2.75, 3.05) is 0 Å². The maximum Gasteiger partial charge on any atom is 0.169 e. The summed E-state index contributed by atoms with van der Waals surface area (Å²) < 4.78 is 38.4. The van der Waals surface area contributed by atoms with Crippen LogP contribution in [0.4, 0.5) is 0 Å². The lowest BCUT2D eigenvalue weighted by Gasteiger charge is -2.06. The molecule has 0 atom stereocenters. The Hall–Kier alpha value is -1.83. The van der Waals surface area contributed by atoms with Gasteiger partial charge in [0.25, 0.3) is 0 Å². The smallest absolute Gasteiger partial charge is 0.169 e. The summed E-state index contributed by atoms with van der Waals surface area (Å²) in [4.78, 5) is 0. The average molecular weight is 310 g/mol. The minimum atomic E-state index is -5.17. The predicted octanol–water partition coefficient (Wildman–Crippen LogP) is 0.630. The normalized spacial score (nSPS) is 10.7. The Labute approximate surface area is 124 Å². The molecule has 0 unspecified atom stereocenters. The molecule has 2 rings (SSSR count). The van der Waals surface area contributed by atoms with Gasteiger partial charge in [-0.15, -0.1) is 0 Å². The predicted molar refractivity (Wildman–Crippen MR) is 74.1 cm³/mol. The molecule has 0 fully saturated rings. The second kappa shape index (κ2) is 7.82. The maximum absolute atomic E-state index is 8.52. The van der Waals surface area contributed by atoms with E-state index in [1.165, 1.54) is 11.1 Å². The fourth-order valence-electron chi connectivity index (χ4n) is 1.72. The number of pyridine rings is 2. The lowest BCUT2D eigenvalue weighted by Crippen LogP contribution is -2.31. The number of nitrogens with zero attached hydrogens (tertiary/aromatic N) is 2. The number of hydrogen-bond acceptors (Lipinski definition) is 4. The van der Waals surface area contributed by atoms with Crippen LogP contribution >= 0.6 is 0 Å². The van der Waals surface area contributed by atoms with E-state index >= 15 is 0 Å². The lowest BCUT2D eigenvalue weighted by atomic mass is 10.1. The van der Waals surface area contributed by atoms with Crippen LogP contribution in [0, 0.1) is 0 Å². The molecule has 0 radical (unpaired) electrons. The summed E-state index contributed by atoms with van der Waals surface area (Å²) in [6, 6.07) is 8.65. The molecule has 0 aliphatic carbocycles. The van der Waals surface area contributed by atoms with Crippen LogP contribution in [0.3, 0.4) is 0 Å². The van der Waals surface area contributed by atoms with E-state index in [2.05, 4.69) is 72.0 Å². The van der Waals surface area contributed by atoms with Crippen molar-refractivity contribution in [2.24, 2.45) is 0 Å². The number of aromatic nitrogens is 2. The quantitative estimate of drug-likeness (QED) is 0.472. The van der Waals surface area contributed by atoms with Gasteiger partial charge >= 0.3 is 0 Å². The van der Waals surface area contributed by atoms with Crippen molar-refractivity contribution in [1.29, 1.82) is 0 Å². The fraction of sp³-hybridized carbons (Fsp3) is 0.286. The highest BCUT2D eigenvalue weighted by molar-refractivity contribution is 7.79. The van der Waals surface area contributed by atoms with Crippen LogP contribution < -0.4 is 9.13 Å². The molecule has 7 heteroatoms. The molecule has 0 N–H and O–H groups in total. The Kier molecular flexibility index (Phi) is 6.41. The topological polar surface area (TPSA) is 88.0 Å². The van der Waals surface area contributed by atoms with Crippen LogP contribution in [0.1, 0.15) is 13.8 Å². The van der Waals surface area contributed by atoms with Crippen molar-refractivity contribution >= 4 is 10.4 Å². The summed E-state index contributed by atoms with van der Waals surface area (Å²) in [7, 11) is -5.17. The van der Waals surface area contributed by atoms with Crippen LogP contribution in [0.5, 0.6) is 0 Å². The van der Waals surface area contributed by atoms with Gasteiger partial charge < -0.3 is 9.11 Å². The molecule has 0 spiro atoms. The van der Waals surface area contributed by atoms with Crippen molar-refractivity contribution in [3.8, 4) is 11.1 Å². The molecule has 2 heterocycles. The van der Waals surface area contributed by atoms with Gasteiger partial charge in [-0.05, 0) is 25.0 Å². The minimum absolute atomic E-state index is 1.02. The van der Waals surface area contributed by atoms with Crippen LogP contribution in [-0.2, 0) is 23.5 Å². The highest BCUT2D eigenvalue weighted by atomic mass is 32.3. The Morgan fingerprint density at radius 3 is 1.24 bits per heavy atom. The summed E-state index contributed by atoms with van der Waals surface area (Å²) in [6.07, 6.45) is 8.48. The molecule has 0 aromatic carbocycles. The van der Waals surface area contributed by atoms with Gasteiger partial charge in [0.05, 0.1) is 0 Å². The molecular formula is C14H18N2O4S. The standard InChI is InChI=1S/C14H18N2.H2O4S/c1-3-15-9-5-13(6-10-15)14-7-11-16(4-2)12-8-14;1-5(2,3)4/h5-12H,3-4H2,1-2H3;(H2,1,2,3,4)/q+2;/p-2. The van der Waals surface area contributed by atoms with E-state index < -0.39 is 10.4 Å². The van der Waals surface area contributed by atoms with Gasteiger partial charge in [-0.2, -0.15) is 0 Å². The van der Waals surface area contributed by atoms with Crippen molar-refractivity contribution in [3.63, 3.8) is 0 Å². The average Bonchev–Trinajstić information content (AvgIpc) is 2.46. The van der Waals surface area contributed by atoms with E-state index in [9.17, 15) is 0 Å². The molecule has 0 amide bonds. The van der Waals surface area contributed by atoms with Gasteiger partial charge in [0.1, 0.15) is 13.1 Å². The van der Waals surface area contributed by atoms with E-state index in [1.54, 1.807) is 0 Å². The number of aryl methyl sites for hydroxylation is 2. The van der Waals surface area contributed by atoms with E-state index in [0.717, 1.165) is 13.1 Å². The van der Waals surface area contributed by atoms with Crippen molar-refractivity contribution in [2.45, 2.75) is 26.9 Å². The Morgan fingerprint density at radius 2 is 1.05 bits per heavy atom. The van der Waals surface area contributed by atoms with Gasteiger partial charge in [-0.1, -0.05) is 0 Å². The van der Waals surface area contributed by atoms with Gasteiger partial charge in [-0.25, -0.2) is 9.13 Å². The fourth-order valence-corrected chi connectivity index (χ4v) is 1.72. The van der Waals surface area contributed by atoms with E-state index in [0.29, 0.717) is 0 Å². The minimum Gasteiger partial charge on any atom is -0.759 e. The first-order valence-corrected chi connectivity index (χ1v) is 7.82. The maximum atomic E-state index is 8.52. The Bertz CT molecular complexity index is 599. The first-order valence-electron chi connectivity index (χ1n) is 6.48. The lowest BCUT2D eigenvalue weighted by molar-refractivity contribution is -0.693. The summed E-state index contributed by atoms with van der Waals surface area (Å²) in [5.41, 5.74) is 2.54. The van der Waals surface area contributed by atoms with Crippen LogP contribution in [0.2, 0.25) is 0 Å². The Balaban J connectivity index is 0.000000383. The molecule has 2 aromatic rings. The summed E-state index contributed by atoms with van der Waals surface area (Å²) in [6.45, 7) is 6.33. The molecule has 0 saturated carbocycles. The van der Waals surface area contributed by atoms with Crippen molar-refractivity contribution < 1.29 is 26.7 Å². The first kappa shape index (κ1) is 17.2. The SMILES string of the molecule is CC[n+]1ccc(-c2cc[n+](CC)cc2)cc1.O=S(=O)([O-])[O-]. The van der Waals surface area contributed by atoms with Gasteiger partial charge in [0.2, 0.25) is 0 Å². The third kappa shape index (κ3) is 6.94. The largest absolute Gasteiger partial charge is 0.759 e. The zero-order valence-corrected chi connectivity index (χ0v) is 12.8. The van der Waals surface area contributed by atoms with Crippen LogP contribution in [0.25, 0.3) is 11.1 Å². The van der Waals surface area contributed by atoms with Crippen molar-refractivity contribution in [1.82, 2.24) is 0 Å².